The maximum Gasteiger partial charge on any atom is 0.337 e. The molecule has 30 heavy (non-hydrogen) atoms. The van der Waals surface area contributed by atoms with Gasteiger partial charge in [0.15, 0.2) is 0 Å². The molecule has 0 atom stereocenters. The highest BCUT2D eigenvalue weighted by atomic mass is 16.5. The average molecular weight is 406 g/mol. The molecule has 0 saturated heterocycles. The lowest BCUT2D eigenvalue weighted by Gasteiger charge is -2.12. The van der Waals surface area contributed by atoms with Crippen LogP contribution >= 0.6 is 0 Å². The van der Waals surface area contributed by atoms with Gasteiger partial charge in [0.2, 0.25) is 5.95 Å². The van der Waals surface area contributed by atoms with Crippen LogP contribution in [-0.4, -0.2) is 41.0 Å². The minimum Gasteiger partial charge on any atom is -0.465 e. The van der Waals surface area contributed by atoms with E-state index in [1.54, 1.807) is 42.5 Å². The quantitative estimate of drug-likeness (QED) is 0.605. The molecular weight excluding hydrogens is 384 g/mol. The Morgan fingerprint density at radius 3 is 2.63 bits per heavy atom. The number of ether oxygens (including phenoxy) is 1. The van der Waals surface area contributed by atoms with Crippen molar-refractivity contribution in [1.29, 1.82) is 0 Å². The van der Waals surface area contributed by atoms with Crippen LogP contribution in [0.3, 0.4) is 0 Å². The number of anilines is 1. The van der Waals surface area contributed by atoms with Gasteiger partial charge in [0.25, 0.3) is 11.8 Å². The summed E-state index contributed by atoms with van der Waals surface area (Å²) in [6.07, 6.45) is 2.56. The SMILES string of the molecule is COC(=O)c1ccc2nc3n(c2c1)CCCCCNC(=O)c1cccc(c1)C(=O)N3. The smallest absolute Gasteiger partial charge is 0.337 e. The number of benzene rings is 2. The van der Waals surface area contributed by atoms with E-state index in [0.29, 0.717) is 41.2 Å². The zero-order chi connectivity index (χ0) is 21.1. The summed E-state index contributed by atoms with van der Waals surface area (Å²) < 4.78 is 6.73. The van der Waals surface area contributed by atoms with E-state index in [1.807, 2.05) is 4.57 Å². The number of imidazole rings is 1. The number of methoxy groups -OCH3 is 1. The Hall–Kier alpha value is -3.68. The minimum absolute atomic E-state index is 0.190. The molecule has 2 aromatic carbocycles. The van der Waals surface area contributed by atoms with Gasteiger partial charge in [0, 0.05) is 24.2 Å². The number of rotatable bonds is 1. The van der Waals surface area contributed by atoms with Crippen molar-refractivity contribution < 1.29 is 19.1 Å². The third-order valence-electron chi connectivity index (χ3n) is 5.13. The molecule has 2 bridgehead atoms. The first-order valence-electron chi connectivity index (χ1n) is 9.85. The molecule has 0 spiro atoms. The van der Waals surface area contributed by atoms with Crippen molar-refractivity contribution in [2.75, 3.05) is 19.0 Å². The standard InChI is InChI=1S/C22H22N4O4/c1-30-21(29)16-8-9-17-18(13-16)26-11-4-2-3-10-23-19(27)14-6-5-7-15(12-14)20(28)25-22(26)24-17/h5-9,12-13H,2-4,10-11H2,1H3,(H,23,27)(H,24,25,28). The van der Waals surface area contributed by atoms with Crippen molar-refractivity contribution in [2.45, 2.75) is 25.8 Å². The van der Waals surface area contributed by atoms with Crippen LogP contribution in [0.1, 0.15) is 50.3 Å². The monoisotopic (exact) mass is 406 g/mol. The minimum atomic E-state index is -0.426. The number of carbonyl (C=O) groups is 3. The Morgan fingerprint density at radius 1 is 1.03 bits per heavy atom. The fraction of sp³-hybridized carbons (Fsp3) is 0.273. The number of fused-ring (bicyclic) bond motifs is 5. The summed E-state index contributed by atoms with van der Waals surface area (Å²) in [4.78, 5) is 41.6. The second-order valence-electron chi connectivity index (χ2n) is 7.13. The molecular formula is C22H22N4O4. The number of aromatic nitrogens is 2. The van der Waals surface area contributed by atoms with Gasteiger partial charge in [-0.1, -0.05) is 6.07 Å². The summed E-state index contributed by atoms with van der Waals surface area (Å²) >= 11 is 0. The lowest BCUT2D eigenvalue weighted by molar-refractivity contribution is 0.0600. The van der Waals surface area contributed by atoms with E-state index < -0.39 is 5.97 Å². The van der Waals surface area contributed by atoms with Gasteiger partial charge in [0.05, 0.1) is 23.7 Å². The summed E-state index contributed by atoms with van der Waals surface area (Å²) in [5.74, 6) is -0.565. The van der Waals surface area contributed by atoms with E-state index in [0.717, 1.165) is 24.8 Å². The summed E-state index contributed by atoms with van der Waals surface area (Å²) in [5, 5.41) is 5.74. The van der Waals surface area contributed by atoms with Crippen molar-refractivity contribution in [3.05, 3.63) is 59.2 Å². The predicted molar refractivity (Wildman–Crippen MR) is 112 cm³/mol. The van der Waals surface area contributed by atoms with Gasteiger partial charge in [0.1, 0.15) is 0 Å². The first-order chi connectivity index (χ1) is 14.6. The Labute approximate surface area is 173 Å². The topological polar surface area (TPSA) is 102 Å². The lowest BCUT2D eigenvalue weighted by Crippen LogP contribution is -2.25. The van der Waals surface area contributed by atoms with Gasteiger partial charge in [-0.25, -0.2) is 9.78 Å². The number of carbonyl (C=O) groups excluding carboxylic acids is 3. The highest BCUT2D eigenvalue weighted by Crippen LogP contribution is 2.23. The van der Waals surface area contributed by atoms with Gasteiger partial charge in [-0.3, -0.25) is 14.9 Å². The predicted octanol–water partition coefficient (Wildman–Crippen LogP) is 2.99. The number of amides is 2. The Morgan fingerprint density at radius 2 is 1.83 bits per heavy atom. The van der Waals surface area contributed by atoms with Gasteiger partial charge in [-0.2, -0.15) is 0 Å². The molecule has 8 nitrogen and oxygen atoms in total. The molecule has 3 aromatic rings. The molecule has 1 aromatic heterocycles. The second kappa shape index (κ2) is 8.36. The van der Waals surface area contributed by atoms with Crippen LogP contribution in [0.15, 0.2) is 42.5 Å². The fourth-order valence-electron chi connectivity index (χ4n) is 3.54. The molecule has 4 rings (SSSR count). The molecule has 1 aliphatic rings. The largest absolute Gasteiger partial charge is 0.465 e. The van der Waals surface area contributed by atoms with Crippen molar-refractivity contribution in [2.24, 2.45) is 0 Å². The summed E-state index contributed by atoms with van der Waals surface area (Å²) in [6.45, 7) is 1.18. The third kappa shape index (κ3) is 3.89. The van der Waals surface area contributed by atoms with Crippen LogP contribution < -0.4 is 10.6 Å². The molecule has 1 aliphatic heterocycles. The molecule has 0 unspecified atom stereocenters. The zero-order valence-electron chi connectivity index (χ0n) is 16.6. The molecule has 2 N–H and O–H groups in total. The Bertz CT molecular complexity index is 1140. The van der Waals surface area contributed by atoms with E-state index in [9.17, 15) is 14.4 Å². The third-order valence-corrected chi connectivity index (χ3v) is 5.13. The van der Waals surface area contributed by atoms with Gasteiger partial charge >= 0.3 is 5.97 Å². The number of hydrogen-bond acceptors (Lipinski definition) is 5. The van der Waals surface area contributed by atoms with Crippen LogP contribution in [0.4, 0.5) is 5.95 Å². The summed E-state index contributed by atoms with van der Waals surface area (Å²) in [6, 6.07) is 11.7. The van der Waals surface area contributed by atoms with Crippen molar-refractivity contribution in [3.63, 3.8) is 0 Å². The Balaban J connectivity index is 1.76. The van der Waals surface area contributed by atoms with E-state index in [1.165, 1.54) is 7.11 Å². The molecule has 8 heteroatoms. The molecule has 0 aliphatic carbocycles. The molecule has 154 valence electrons. The second-order valence-corrected chi connectivity index (χ2v) is 7.13. The van der Waals surface area contributed by atoms with Gasteiger partial charge in [-0.15, -0.1) is 0 Å². The van der Waals surface area contributed by atoms with Crippen LogP contribution in [0, 0.1) is 0 Å². The van der Waals surface area contributed by atoms with E-state index in [4.69, 9.17) is 4.74 Å². The van der Waals surface area contributed by atoms with Crippen molar-refractivity contribution in [3.8, 4) is 0 Å². The van der Waals surface area contributed by atoms with E-state index in [2.05, 4.69) is 15.6 Å². The van der Waals surface area contributed by atoms with E-state index >= 15 is 0 Å². The normalized spacial score (nSPS) is 15.0. The number of nitrogens with one attached hydrogen (secondary N) is 2. The lowest BCUT2D eigenvalue weighted by atomic mass is 10.1. The summed E-state index contributed by atoms with van der Waals surface area (Å²) in [7, 11) is 1.34. The highest BCUT2D eigenvalue weighted by molar-refractivity contribution is 6.06. The number of aryl methyl sites for hydroxylation is 1. The van der Waals surface area contributed by atoms with Crippen LogP contribution in [0.25, 0.3) is 11.0 Å². The number of esters is 1. The van der Waals surface area contributed by atoms with Crippen LogP contribution in [-0.2, 0) is 11.3 Å². The maximum absolute atomic E-state index is 12.8. The highest BCUT2D eigenvalue weighted by Gasteiger charge is 2.18. The van der Waals surface area contributed by atoms with E-state index in [-0.39, 0.29) is 11.8 Å². The van der Waals surface area contributed by atoms with Crippen molar-refractivity contribution in [1.82, 2.24) is 14.9 Å². The van der Waals surface area contributed by atoms with Gasteiger partial charge in [-0.05, 0) is 55.7 Å². The number of nitrogens with zero attached hydrogens (tertiary/aromatic N) is 2. The molecule has 0 fully saturated rings. The fourth-order valence-corrected chi connectivity index (χ4v) is 3.54. The first kappa shape index (κ1) is 19.6. The molecule has 0 saturated carbocycles. The summed E-state index contributed by atoms with van der Waals surface area (Å²) in [5.41, 5.74) is 2.66. The first-order valence-corrected chi connectivity index (χ1v) is 9.85. The molecule has 2 heterocycles. The maximum atomic E-state index is 12.8. The van der Waals surface area contributed by atoms with Crippen LogP contribution in [0.2, 0.25) is 0 Å². The molecule has 0 radical (unpaired) electrons. The average Bonchev–Trinajstić information content (AvgIpc) is 3.11. The molecule has 2 amide bonds. The number of hydrogen-bond donors (Lipinski definition) is 2. The van der Waals surface area contributed by atoms with Gasteiger partial charge < -0.3 is 14.6 Å². The van der Waals surface area contributed by atoms with Crippen molar-refractivity contribution >= 4 is 34.8 Å². The van der Waals surface area contributed by atoms with Crippen LogP contribution in [0.5, 0.6) is 0 Å². The zero-order valence-corrected chi connectivity index (χ0v) is 16.6. The Kier molecular flexibility index (Phi) is 5.47.